The number of anilines is 1. The van der Waals surface area contributed by atoms with Gasteiger partial charge in [-0.15, -0.1) is 0 Å². The van der Waals surface area contributed by atoms with E-state index < -0.39 is 10.0 Å². The number of amides is 1. The maximum absolute atomic E-state index is 13.1. The lowest BCUT2D eigenvalue weighted by Gasteiger charge is -2.14. The van der Waals surface area contributed by atoms with Crippen molar-refractivity contribution in [2.45, 2.75) is 38.5 Å². The van der Waals surface area contributed by atoms with Crippen LogP contribution in [0.3, 0.4) is 0 Å². The van der Waals surface area contributed by atoms with Crippen molar-refractivity contribution in [1.29, 1.82) is 0 Å². The number of aryl methyl sites for hydroxylation is 1. The molecular weight excluding hydrogens is 414 g/mol. The fourth-order valence-corrected chi connectivity index (χ4v) is 4.10. The van der Waals surface area contributed by atoms with Gasteiger partial charge in [0.05, 0.1) is 23.3 Å². The lowest BCUT2D eigenvalue weighted by atomic mass is 10.0. The van der Waals surface area contributed by atoms with E-state index >= 15 is 0 Å². The SMILES string of the molecule is COc1ccc(S(N)(=O)=O)cc1NC(=O)c1cc(C)n(-c2cccc(C(C)C)c2)c1C. The van der Waals surface area contributed by atoms with Crippen LogP contribution in [0.25, 0.3) is 5.69 Å². The van der Waals surface area contributed by atoms with E-state index in [-0.39, 0.29) is 16.5 Å². The molecule has 7 nitrogen and oxygen atoms in total. The van der Waals surface area contributed by atoms with Crippen LogP contribution in [0.5, 0.6) is 5.75 Å². The molecule has 1 heterocycles. The summed E-state index contributed by atoms with van der Waals surface area (Å²) in [5.41, 5.74) is 4.59. The number of ether oxygens (including phenoxy) is 1. The number of hydrogen-bond acceptors (Lipinski definition) is 4. The first-order chi connectivity index (χ1) is 14.5. The molecule has 0 unspecified atom stereocenters. The summed E-state index contributed by atoms with van der Waals surface area (Å²) in [7, 11) is -2.48. The fraction of sp³-hybridized carbons (Fsp3) is 0.261. The zero-order chi connectivity index (χ0) is 22.9. The summed E-state index contributed by atoms with van der Waals surface area (Å²) in [6.07, 6.45) is 0. The van der Waals surface area contributed by atoms with Gasteiger partial charge in [-0.3, -0.25) is 4.79 Å². The molecule has 164 valence electrons. The van der Waals surface area contributed by atoms with E-state index in [2.05, 4.69) is 31.3 Å². The number of aromatic nitrogens is 1. The Bertz CT molecular complexity index is 1240. The maximum atomic E-state index is 13.1. The summed E-state index contributed by atoms with van der Waals surface area (Å²) in [5.74, 6) is 0.348. The predicted molar refractivity (Wildman–Crippen MR) is 122 cm³/mol. The average Bonchev–Trinajstić information content (AvgIpc) is 3.01. The van der Waals surface area contributed by atoms with E-state index in [9.17, 15) is 13.2 Å². The minimum atomic E-state index is -3.92. The third-order valence-corrected chi connectivity index (χ3v) is 6.13. The summed E-state index contributed by atoms with van der Waals surface area (Å²) in [5, 5.41) is 7.97. The highest BCUT2D eigenvalue weighted by molar-refractivity contribution is 7.89. The molecule has 0 aliphatic carbocycles. The average molecular weight is 442 g/mol. The van der Waals surface area contributed by atoms with Gasteiger partial charge in [-0.2, -0.15) is 0 Å². The van der Waals surface area contributed by atoms with Crippen LogP contribution >= 0.6 is 0 Å². The molecular formula is C23H27N3O4S. The Kier molecular flexibility index (Phi) is 6.24. The van der Waals surface area contributed by atoms with Gasteiger partial charge in [0.25, 0.3) is 5.91 Å². The van der Waals surface area contributed by atoms with Gasteiger partial charge >= 0.3 is 0 Å². The highest BCUT2D eigenvalue weighted by Gasteiger charge is 2.20. The molecule has 0 atom stereocenters. The summed E-state index contributed by atoms with van der Waals surface area (Å²) in [4.78, 5) is 13.0. The highest BCUT2D eigenvalue weighted by Crippen LogP contribution is 2.29. The number of nitrogens with one attached hydrogen (secondary N) is 1. The number of nitrogens with zero attached hydrogens (tertiary/aromatic N) is 1. The van der Waals surface area contributed by atoms with Crippen molar-refractivity contribution in [2.24, 2.45) is 5.14 Å². The minimum Gasteiger partial charge on any atom is -0.495 e. The van der Waals surface area contributed by atoms with Crippen molar-refractivity contribution < 1.29 is 17.9 Å². The predicted octanol–water partition coefficient (Wildman–Crippen LogP) is 4.13. The molecule has 8 heteroatoms. The van der Waals surface area contributed by atoms with E-state index in [1.807, 2.05) is 36.6 Å². The number of methoxy groups -OCH3 is 1. The molecule has 3 rings (SSSR count). The number of hydrogen-bond donors (Lipinski definition) is 2. The third kappa shape index (κ3) is 4.65. The van der Waals surface area contributed by atoms with Crippen LogP contribution in [0.4, 0.5) is 5.69 Å². The number of rotatable bonds is 6. The van der Waals surface area contributed by atoms with Gasteiger partial charge in [-0.25, -0.2) is 13.6 Å². The van der Waals surface area contributed by atoms with Gasteiger partial charge in [-0.05, 0) is 61.7 Å². The number of carbonyl (C=O) groups excluding carboxylic acids is 1. The van der Waals surface area contributed by atoms with Crippen LogP contribution in [0.1, 0.15) is 47.1 Å². The Hall–Kier alpha value is -3.10. The van der Waals surface area contributed by atoms with Gasteiger partial charge < -0.3 is 14.6 Å². The number of sulfonamides is 1. The molecule has 0 fully saturated rings. The molecule has 0 saturated heterocycles. The largest absolute Gasteiger partial charge is 0.495 e. The van der Waals surface area contributed by atoms with Gasteiger partial charge in [0, 0.05) is 17.1 Å². The minimum absolute atomic E-state index is 0.112. The van der Waals surface area contributed by atoms with E-state index in [0.717, 1.165) is 17.1 Å². The molecule has 3 N–H and O–H groups in total. The quantitative estimate of drug-likeness (QED) is 0.600. The van der Waals surface area contributed by atoms with E-state index in [1.165, 1.54) is 30.9 Å². The van der Waals surface area contributed by atoms with Crippen LogP contribution in [-0.2, 0) is 10.0 Å². The van der Waals surface area contributed by atoms with Crippen LogP contribution in [0, 0.1) is 13.8 Å². The first-order valence-electron chi connectivity index (χ1n) is 9.84. The fourth-order valence-electron chi connectivity index (χ4n) is 3.56. The second-order valence-electron chi connectivity index (χ2n) is 7.73. The van der Waals surface area contributed by atoms with Crippen molar-refractivity contribution in [3.63, 3.8) is 0 Å². The number of nitrogens with two attached hydrogens (primary N) is 1. The molecule has 0 saturated carbocycles. The van der Waals surface area contributed by atoms with Crippen LogP contribution < -0.4 is 15.2 Å². The van der Waals surface area contributed by atoms with Gasteiger partial charge in [0.15, 0.2) is 0 Å². The molecule has 31 heavy (non-hydrogen) atoms. The van der Waals surface area contributed by atoms with Crippen molar-refractivity contribution in [3.8, 4) is 11.4 Å². The van der Waals surface area contributed by atoms with E-state index in [0.29, 0.717) is 17.2 Å². The third-order valence-electron chi connectivity index (χ3n) is 5.22. The Morgan fingerprint density at radius 2 is 1.81 bits per heavy atom. The number of carbonyl (C=O) groups is 1. The molecule has 0 aliphatic rings. The van der Waals surface area contributed by atoms with Gasteiger partial charge in [-0.1, -0.05) is 26.0 Å². The first-order valence-corrected chi connectivity index (χ1v) is 11.4. The highest BCUT2D eigenvalue weighted by atomic mass is 32.2. The Morgan fingerprint density at radius 3 is 2.42 bits per heavy atom. The Morgan fingerprint density at radius 1 is 1.10 bits per heavy atom. The topological polar surface area (TPSA) is 103 Å². The molecule has 0 spiro atoms. The van der Waals surface area contributed by atoms with Crippen LogP contribution in [0.2, 0.25) is 0 Å². The number of benzene rings is 2. The second kappa shape index (κ2) is 8.56. The Balaban J connectivity index is 2.00. The van der Waals surface area contributed by atoms with Gasteiger partial charge in [0.1, 0.15) is 5.75 Å². The molecule has 2 aromatic carbocycles. The standard InChI is InChI=1S/C23H27N3O4S/c1-14(2)17-7-6-8-18(12-17)26-15(3)11-20(16(26)4)23(27)25-21-13-19(31(24,28)29)9-10-22(21)30-5/h6-14H,1-5H3,(H,25,27)(H2,24,28,29). The van der Waals surface area contributed by atoms with Gasteiger partial charge in [0.2, 0.25) is 10.0 Å². The van der Waals surface area contributed by atoms with E-state index in [1.54, 1.807) is 0 Å². The van der Waals surface area contributed by atoms with Crippen LogP contribution in [0.15, 0.2) is 53.4 Å². The molecule has 1 aromatic heterocycles. The van der Waals surface area contributed by atoms with Crippen LogP contribution in [-0.4, -0.2) is 26.0 Å². The van der Waals surface area contributed by atoms with Crippen molar-refractivity contribution in [3.05, 3.63) is 71.0 Å². The second-order valence-corrected chi connectivity index (χ2v) is 9.29. The Labute approximate surface area is 182 Å². The normalized spacial score (nSPS) is 11.6. The maximum Gasteiger partial charge on any atom is 0.257 e. The lowest BCUT2D eigenvalue weighted by Crippen LogP contribution is -2.16. The molecule has 0 radical (unpaired) electrons. The zero-order valence-electron chi connectivity index (χ0n) is 18.3. The summed E-state index contributed by atoms with van der Waals surface area (Å²) in [6.45, 7) is 8.09. The molecule has 0 aliphatic heterocycles. The smallest absolute Gasteiger partial charge is 0.257 e. The van der Waals surface area contributed by atoms with E-state index in [4.69, 9.17) is 9.88 Å². The summed E-state index contributed by atoms with van der Waals surface area (Å²) in [6, 6.07) is 14.1. The molecule has 1 amide bonds. The molecule has 3 aromatic rings. The summed E-state index contributed by atoms with van der Waals surface area (Å²) < 4.78 is 30.7. The molecule has 0 bridgehead atoms. The number of primary sulfonamides is 1. The zero-order valence-corrected chi connectivity index (χ0v) is 19.1. The van der Waals surface area contributed by atoms with Crippen molar-refractivity contribution in [2.75, 3.05) is 12.4 Å². The van der Waals surface area contributed by atoms with Crippen molar-refractivity contribution >= 4 is 21.6 Å². The lowest BCUT2D eigenvalue weighted by molar-refractivity contribution is 0.102. The van der Waals surface area contributed by atoms with Crippen molar-refractivity contribution in [1.82, 2.24) is 4.57 Å². The first kappa shape index (κ1) is 22.6. The summed E-state index contributed by atoms with van der Waals surface area (Å²) >= 11 is 0. The monoisotopic (exact) mass is 441 g/mol.